The van der Waals surface area contributed by atoms with Gasteiger partial charge in [0.15, 0.2) is 5.82 Å². The van der Waals surface area contributed by atoms with Crippen LogP contribution in [0.25, 0.3) is 0 Å². The minimum absolute atomic E-state index is 0.150. The third-order valence-electron chi connectivity index (χ3n) is 4.80. The van der Waals surface area contributed by atoms with Crippen molar-refractivity contribution in [2.75, 3.05) is 12.4 Å². The first-order valence-electron chi connectivity index (χ1n) is 8.80. The van der Waals surface area contributed by atoms with E-state index in [0.717, 1.165) is 55.5 Å². The maximum atomic E-state index is 5.17. The first kappa shape index (κ1) is 15.5. The largest absolute Gasteiger partial charge is 0.377 e. The lowest BCUT2D eigenvalue weighted by Gasteiger charge is -2.26. The molecule has 0 spiro atoms. The van der Waals surface area contributed by atoms with E-state index in [4.69, 9.17) is 9.72 Å². The highest BCUT2D eigenvalue weighted by Gasteiger charge is 2.26. The molecule has 1 unspecified atom stereocenters. The quantitative estimate of drug-likeness (QED) is 0.928. The number of nitrogens with zero attached hydrogens (tertiary/aromatic N) is 5. The van der Waals surface area contributed by atoms with E-state index in [-0.39, 0.29) is 6.04 Å². The van der Waals surface area contributed by atoms with Gasteiger partial charge >= 0.3 is 0 Å². The summed E-state index contributed by atoms with van der Waals surface area (Å²) in [6, 6.07) is 0.150. The highest BCUT2D eigenvalue weighted by molar-refractivity contribution is 5.49. The van der Waals surface area contributed by atoms with Crippen LogP contribution >= 0.6 is 0 Å². The van der Waals surface area contributed by atoms with Gasteiger partial charge in [-0.15, -0.1) is 0 Å². The van der Waals surface area contributed by atoms with E-state index < -0.39 is 0 Å². The van der Waals surface area contributed by atoms with Crippen molar-refractivity contribution in [2.45, 2.75) is 64.6 Å². The van der Waals surface area contributed by atoms with Gasteiger partial charge in [0, 0.05) is 24.9 Å². The van der Waals surface area contributed by atoms with Crippen molar-refractivity contribution in [1.29, 1.82) is 0 Å². The Morgan fingerprint density at radius 3 is 2.92 bits per heavy atom. The lowest BCUT2D eigenvalue weighted by Crippen LogP contribution is -2.24. The van der Waals surface area contributed by atoms with E-state index in [1.807, 2.05) is 11.6 Å². The van der Waals surface area contributed by atoms with Gasteiger partial charge in [0.25, 0.3) is 0 Å². The van der Waals surface area contributed by atoms with Gasteiger partial charge in [0.05, 0.1) is 6.04 Å². The van der Waals surface area contributed by atoms with Gasteiger partial charge in [-0.2, -0.15) is 5.10 Å². The van der Waals surface area contributed by atoms with E-state index >= 15 is 0 Å². The summed E-state index contributed by atoms with van der Waals surface area (Å²) in [5, 5.41) is 8.19. The van der Waals surface area contributed by atoms with Crippen LogP contribution in [0.5, 0.6) is 0 Å². The zero-order valence-corrected chi connectivity index (χ0v) is 14.4. The molecule has 2 aromatic heterocycles. The molecule has 1 atom stereocenters. The average molecular weight is 328 g/mol. The van der Waals surface area contributed by atoms with Crippen LogP contribution in [0, 0.1) is 6.92 Å². The van der Waals surface area contributed by atoms with Crippen LogP contribution in [0.3, 0.4) is 0 Å². The van der Waals surface area contributed by atoms with Crippen LogP contribution in [0.15, 0.2) is 0 Å². The summed E-state index contributed by atoms with van der Waals surface area (Å²) in [7, 11) is 1.67. The van der Waals surface area contributed by atoms with Crippen LogP contribution < -0.4 is 5.32 Å². The number of anilines is 1. The SMILES string of the molecule is COCc1nc2n(n1)CCCC2Nc1nc(C)nc2c1CCCC2. The number of aromatic nitrogens is 5. The molecule has 1 N–H and O–H groups in total. The molecular weight excluding hydrogens is 304 g/mol. The second kappa shape index (κ2) is 6.47. The van der Waals surface area contributed by atoms with Crippen LogP contribution in [0.4, 0.5) is 5.82 Å². The number of nitrogens with one attached hydrogen (secondary N) is 1. The van der Waals surface area contributed by atoms with E-state index in [1.165, 1.54) is 24.1 Å². The topological polar surface area (TPSA) is 77.8 Å². The maximum absolute atomic E-state index is 5.17. The summed E-state index contributed by atoms with van der Waals surface area (Å²) in [6.07, 6.45) is 6.70. The summed E-state index contributed by atoms with van der Waals surface area (Å²) < 4.78 is 7.18. The second-order valence-electron chi connectivity index (χ2n) is 6.63. The maximum Gasteiger partial charge on any atom is 0.176 e. The molecule has 0 fully saturated rings. The number of ether oxygens (including phenoxy) is 1. The van der Waals surface area contributed by atoms with E-state index in [9.17, 15) is 0 Å². The number of fused-ring (bicyclic) bond motifs is 2. The van der Waals surface area contributed by atoms with Crippen molar-refractivity contribution in [3.63, 3.8) is 0 Å². The summed E-state index contributed by atoms with van der Waals surface area (Å²) in [5.74, 6) is 3.58. The van der Waals surface area contributed by atoms with E-state index in [2.05, 4.69) is 20.4 Å². The average Bonchev–Trinajstić information content (AvgIpc) is 2.99. The summed E-state index contributed by atoms with van der Waals surface area (Å²) >= 11 is 0. The molecule has 128 valence electrons. The molecule has 7 heteroatoms. The van der Waals surface area contributed by atoms with Crippen molar-refractivity contribution >= 4 is 5.82 Å². The molecule has 0 radical (unpaired) electrons. The molecular formula is C17H24N6O. The molecule has 2 aliphatic rings. The van der Waals surface area contributed by atoms with Crippen molar-refractivity contribution in [3.05, 3.63) is 28.7 Å². The van der Waals surface area contributed by atoms with E-state index in [0.29, 0.717) is 6.61 Å². The Labute approximate surface area is 141 Å². The Balaban J connectivity index is 1.64. The summed E-state index contributed by atoms with van der Waals surface area (Å²) in [5.41, 5.74) is 2.51. The normalized spacial score (nSPS) is 19.7. The smallest absolute Gasteiger partial charge is 0.176 e. The van der Waals surface area contributed by atoms with Gasteiger partial charge in [-0.25, -0.2) is 19.6 Å². The number of methoxy groups -OCH3 is 1. The van der Waals surface area contributed by atoms with Crippen LogP contribution in [-0.4, -0.2) is 31.8 Å². The number of rotatable bonds is 4. The fourth-order valence-corrected chi connectivity index (χ4v) is 3.73. The number of aryl methyl sites for hydroxylation is 3. The monoisotopic (exact) mass is 328 g/mol. The third kappa shape index (κ3) is 2.88. The third-order valence-corrected chi connectivity index (χ3v) is 4.80. The highest BCUT2D eigenvalue weighted by Crippen LogP contribution is 2.31. The minimum atomic E-state index is 0.150. The Morgan fingerprint density at radius 1 is 1.17 bits per heavy atom. The molecule has 0 saturated carbocycles. The molecule has 2 aromatic rings. The zero-order chi connectivity index (χ0) is 16.5. The van der Waals surface area contributed by atoms with Crippen LogP contribution in [-0.2, 0) is 30.7 Å². The van der Waals surface area contributed by atoms with E-state index in [1.54, 1.807) is 7.11 Å². The Morgan fingerprint density at radius 2 is 2.04 bits per heavy atom. The fourth-order valence-electron chi connectivity index (χ4n) is 3.73. The summed E-state index contributed by atoms with van der Waals surface area (Å²) in [6.45, 7) is 3.35. The zero-order valence-electron chi connectivity index (χ0n) is 14.4. The van der Waals surface area contributed by atoms with Gasteiger partial charge in [-0.1, -0.05) is 0 Å². The molecule has 1 aliphatic carbocycles. The molecule has 0 bridgehead atoms. The lowest BCUT2D eigenvalue weighted by molar-refractivity contribution is 0.177. The van der Waals surface area contributed by atoms with Crippen LogP contribution in [0.2, 0.25) is 0 Å². The molecule has 0 saturated heterocycles. The first-order chi connectivity index (χ1) is 11.7. The minimum Gasteiger partial charge on any atom is -0.377 e. The highest BCUT2D eigenvalue weighted by atomic mass is 16.5. The predicted octanol–water partition coefficient (Wildman–Crippen LogP) is 2.35. The van der Waals surface area contributed by atoms with Crippen molar-refractivity contribution in [2.24, 2.45) is 0 Å². The molecule has 24 heavy (non-hydrogen) atoms. The fraction of sp³-hybridized carbons (Fsp3) is 0.647. The van der Waals surface area contributed by atoms with Crippen molar-refractivity contribution in [1.82, 2.24) is 24.7 Å². The number of hydrogen-bond donors (Lipinski definition) is 1. The summed E-state index contributed by atoms with van der Waals surface area (Å²) in [4.78, 5) is 14.0. The predicted molar refractivity (Wildman–Crippen MR) is 89.7 cm³/mol. The van der Waals surface area contributed by atoms with Gasteiger partial charge in [0.2, 0.25) is 0 Å². The molecule has 0 amide bonds. The Kier molecular flexibility index (Phi) is 4.18. The van der Waals surface area contributed by atoms with Gasteiger partial charge < -0.3 is 10.1 Å². The molecule has 3 heterocycles. The number of hydrogen-bond acceptors (Lipinski definition) is 6. The molecule has 0 aromatic carbocycles. The van der Waals surface area contributed by atoms with Gasteiger partial charge in [-0.3, -0.25) is 0 Å². The van der Waals surface area contributed by atoms with Gasteiger partial charge in [-0.05, 0) is 45.4 Å². The van der Waals surface area contributed by atoms with Crippen molar-refractivity contribution in [3.8, 4) is 0 Å². The second-order valence-corrected chi connectivity index (χ2v) is 6.63. The standard InChI is InChI=1S/C17H24N6O/c1-11-18-13-7-4-3-6-12(13)16(19-11)20-14-8-5-9-23-17(14)21-15(22-23)10-24-2/h14H,3-10H2,1-2H3,(H,18,19,20). The lowest BCUT2D eigenvalue weighted by atomic mass is 9.96. The molecule has 4 rings (SSSR count). The Hall–Kier alpha value is -2.02. The molecule has 1 aliphatic heterocycles. The first-order valence-corrected chi connectivity index (χ1v) is 8.80. The van der Waals surface area contributed by atoms with Crippen LogP contribution in [0.1, 0.15) is 60.5 Å². The molecule has 7 nitrogen and oxygen atoms in total. The Bertz CT molecular complexity index is 741. The van der Waals surface area contributed by atoms with Crippen molar-refractivity contribution < 1.29 is 4.74 Å². The van der Waals surface area contributed by atoms with Gasteiger partial charge in [0.1, 0.15) is 24.1 Å².